The van der Waals surface area contributed by atoms with Crippen molar-refractivity contribution in [3.63, 3.8) is 0 Å². The number of rotatable bonds is 4. The number of hydrogen-bond acceptors (Lipinski definition) is 2. The highest BCUT2D eigenvalue weighted by molar-refractivity contribution is 6.35. The number of likely N-dealkylation sites (N-methyl/N-ethyl adjacent to an activating group) is 1. The molecule has 2 bridgehead atoms. The van der Waals surface area contributed by atoms with E-state index in [2.05, 4.69) is 12.2 Å². The van der Waals surface area contributed by atoms with Gasteiger partial charge >= 0.3 is 11.8 Å². The SMILES string of the molecule is CCN(CC)C(=O)C(=O)NC(C)C1CC2CCC1C2. The van der Waals surface area contributed by atoms with Gasteiger partial charge in [0.15, 0.2) is 0 Å². The van der Waals surface area contributed by atoms with Crippen LogP contribution in [0.25, 0.3) is 0 Å². The molecule has 19 heavy (non-hydrogen) atoms. The summed E-state index contributed by atoms with van der Waals surface area (Å²) in [5.41, 5.74) is 0. The number of hydrogen-bond donors (Lipinski definition) is 1. The Labute approximate surface area is 115 Å². The maximum Gasteiger partial charge on any atom is 0.311 e. The zero-order chi connectivity index (χ0) is 14.0. The minimum Gasteiger partial charge on any atom is -0.345 e. The molecule has 0 radical (unpaired) electrons. The second-order valence-electron chi connectivity index (χ2n) is 6.08. The van der Waals surface area contributed by atoms with Crippen LogP contribution in [0.5, 0.6) is 0 Å². The van der Waals surface area contributed by atoms with Crippen molar-refractivity contribution >= 4 is 11.8 Å². The first-order valence-electron chi connectivity index (χ1n) is 7.66. The van der Waals surface area contributed by atoms with Crippen molar-refractivity contribution in [2.45, 2.75) is 52.5 Å². The van der Waals surface area contributed by atoms with Gasteiger partial charge in [-0.15, -0.1) is 0 Å². The fourth-order valence-electron chi connectivity index (χ4n) is 3.94. The van der Waals surface area contributed by atoms with Crippen LogP contribution in [-0.4, -0.2) is 35.8 Å². The van der Waals surface area contributed by atoms with Crippen LogP contribution < -0.4 is 5.32 Å². The van der Waals surface area contributed by atoms with E-state index in [0.717, 1.165) is 11.8 Å². The van der Waals surface area contributed by atoms with Crippen molar-refractivity contribution in [3.05, 3.63) is 0 Å². The molecule has 0 aromatic carbocycles. The van der Waals surface area contributed by atoms with Crippen molar-refractivity contribution < 1.29 is 9.59 Å². The lowest BCUT2D eigenvalue weighted by molar-refractivity contribution is -0.146. The Balaban J connectivity index is 1.86. The van der Waals surface area contributed by atoms with Crippen LogP contribution in [0, 0.1) is 17.8 Å². The molecule has 4 nitrogen and oxygen atoms in total. The van der Waals surface area contributed by atoms with Crippen LogP contribution in [-0.2, 0) is 9.59 Å². The Morgan fingerprint density at radius 3 is 2.37 bits per heavy atom. The normalized spacial score (nSPS) is 30.2. The van der Waals surface area contributed by atoms with Crippen molar-refractivity contribution in [2.24, 2.45) is 17.8 Å². The highest BCUT2D eigenvalue weighted by Crippen LogP contribution is 2.49. The van der Waals surface area contributed by atoms with E-state index in [-0.39, 0.29) is 11.9 Å². The van der Waals surface area contributed by atoms with E-state index >= 15 is 0 Å². The van der Waals surface area contributed by atoms with Crippen LogP contribution >= 0.6 is 0 Å². The van der Waals surface area contributed by atoms with Gasteiger partial charge in [0, 0.05) is 19.1 Å². The molecule has 2 fully saturated rings. The number of amides is 2. The van der Waals surface area contributed by atoms with Gasteiger partial charge in [0.25, 0.3) is 0 Å². The average Bonchev–Trinajstić information content (AvgIpc) is 3.02. The highest BCUT2D eigenvalue weighted by atomic mass is 16.2. The molecule has 0 spiro atoms. The van der Waals surface area contributed by atoms with Crippen LogP contribution in [0.1, 0.15) is 46.5 Å². The lowest BCUT2D eigenvalue weighted by Crippen LogP contribution is -2.48. The molecule has 2 aliphatic rings. The molecule has 0 aromatic rings. The standard InChI is InChI=1S/C15H26N2O2/c1-4-17(5-2)15(19)14(18)16-10(3)13-9-11-6-7-12(13)8-11/h10-13H,4-9H2,1-3H3,(H,16,18). The number of carbonyl (C=O) groups is 2. The van der Waals surface area contributed by atoms with Gasteiger partial charge in [-0.3, -0.25) is 9.59 Å². The third-order valence-electron chi connectivity index (χ3n) is 5.04. The van der Waals surface area contributed by atoms with Gasteiger partial charge in [-0.05, 0) is 57.8 Å². The predicted octanol–water partition coefficient (Wildman–Crippen LogP) is 1.80. The molecule has 4 unspecified atom stereocenters. The van der Waals surface area contributed by atoms with E-state index in [0.29, 0.717) is 19.0 Å². The van der Waals surface area contributed by atoms with E-state index in [1.807, 2.05) is 13.8 Å². The lowest BCUT2D eigenvalue weighted by Gasteiger charge is -2.29. The molecule has 2 aliphatic carbocycles. The molecular weight excluding hydrogens is 240 g/mol. The molecule has 1 N–H and O–H groups in total. The third-order valence-corrected chi connectivity index (χ3v) is 5.04. The van der Waals surface area contributed by atoms with Gasteiger partial charge in [-0.1, -0.05) is 6.42 Å². The largest absolute Gasteiger partial charge is 0.345 e. The molecular formula is C15H26N2O2. The van der Waals surface area contributed by atoms with Crippen LogP contribution in [0.4, 0.5) is 0 Å². The Morgan fingerprint density at radius 1 is 1.21 bits per heavy atom. The van der Waals surface area contributed by atoms with Gasteiger partial charge in [0.2, 0.25) is 0 Å². The zero-order valence-corrected chi connectivity index (χ0v) is 12.3. The van der Waals surface area contributed by atoms with Gasteiger partial charge in [-0.2, -0.15) is 0 Å². The molecule has 0 heterocycles. The van der Waals surface area contributed by atoms with E-state index < -0.39 is 5.91 Å². The lowest BCUT2D eigenvalue weighted by atomic mass is 9.84. The maximum atomic E-state index is 12.0. The first kappa shape index (κ1) is 14.4. The van der Waals surface area contributed by atoms with E-state index in [9.17, 15) is 9.59 Å². The Kier molecular flexibility index (Phi) is 4.48. The van der Waals surface area contributed by atoms with Gasteiger partial charge in [0.1, 0.15) is 0 Å². The summed E-state index contributed by atoms with van der Waals surface area (Å²) >= 11 is 0. The molecule has 2 saturated carbocycles. The van der Waals surface area contributed by atoms with Crippen molar-refractivity contribution in [3.8, 4) is 0 Å². The highest BCUT2D eigenvalue weighted by Gasteiger charge is 2.42. The quantitative estimate of drug-likeness (QED) is 0.789. The first-order chi connectivity index (χ1) is 9.06. The van der Waals surface area contributed by atoms with Crippen molar-refractivity contribution in [2.75, 3.05) is 13.1 Å². The molecule has 108 valence electrons. The van der Waals surface area contributed by atoms with Gasteiger partial charge < -0.3 is 10.2 Å². The first-order valence-corrected chi connectivity index (χ1v) is 7.66. The van der Waals surface area contributed by atoms with E-state index in [1.54, 1.807) is 4.90 Å². The summed E-state index contributed by atoms with van der Waals surface area (Å²) in [5.74, 6) is 1.39. The number of fused-ring (bicyclic) bond motifs is 2. The number of nitrogens with one attached hydrogen (secondary N) is 1. The molecule has 0 saturated heterocycles. The molecule has 4 heteroatoms. The minimum absolute atomic E-state index is 0.127. The second kappa shape index (κ2) is 5.93. The second-order valence-corrected chi connectivity index (χ2v) is 6.08. The summed E-state index contributed by atoms with van der Waals surface area (Å²) in [6, 6.07) is 0.127. The molecule has 2 amide bonds. The van der Waals surface area contributed by atoms with Gasteiger partial charge in [-0.25, -0.2) is 0 Å². The summed E-state index contributed by atoms with van der Waals surface area (Å²) in [6.07, 6.45) is 5.22. The molecule has 0 aromatic heterocycles. The minimum atomic E-state index is -0.432. The fourth-order valence-corrected chi connectivity index (χ4v) is 3.94. The Morgan fingerprint density at radius 2 is 1.89 bits per heavy atom. The van der Waals surface area contributed by atoms with Crippen LogP contribution in [0.2, 0.25) is 0 Å². The smallest absolute Gasteiger partial charge is 0.311 e. The summed E-state index contributed by atoms with van der Waals surface area (Å²) < 4.78 is 0. The molecule has 2 rings (SSSR count). The topological polar surface area (TPSA) is 49.4 Å². The number of nitrogens with zero attached hydrogens (tertiary/aromatic N) is 1. The van der Waals surface area contributed by atoms with Crippen molar-refractivity contribution in [1.29, 1.82) is 0 Å². The Bertz CT molecular complexity index is 352. The van der Waals surface area contributed by atoms with Crippen LogP contribution in [0.15, 0.2) is 0 Å². The number of carbonyl (C=O) groups excluding carboxylic acids is 2. The van der Waals surface area contributed by atoms with Crippen molar-refractivity contribution in [1.82, 2.24) is 10.2 Å². The van der Waals surface area contributed by atoms with E-state index in [1.165, 1.54) is 25.7 Å². The summed E-state index contributed by atoms with van der Waals surface area (Å²) in [7, 11) is 0. The predicted molar refractivity (Wildman–Crippen MR) is 74.5 cm³/mol. The average molecular weight is 266 g/mol. The zero-order valence-electron chi connectivity index (χ0n) is 12.3. The van der Waals surface area contributed by atoms with E-state index in [4.69, 9.17) is 0 Å². The van der Waals surface area contributed by atoms with Crippen LogP contribution in [0.3, 0.4) is 0 Å². The maximum absolute atomic E-state index is 12.0. The monoisotopic (exact) mass is 266 g/mol. The summed E-state index contributed by atoms with van der Waals surface area (Å²) in [5, 5.41) is 2.93. The fraction of sp³-hybridized carbons (Fsp3) is 0.867. The Hall–Kier alpha value is -1.06. The summed E-state index contributed by atoms with van der Waals surface area (Å²) in [4.78, 5) is 25.5. The summed E-state index contributed by atoms with van der Waals surface area (Å²) in [6.45, 7) is 7.03. The molecule has 0 aliphatic heterocycles. The third kappa shape index (κ3) is 2.93. The van der Waals surface area contributed by atoms with Gasteiger partial charge in [0.05, 0.1) is 0 Å². The molecule has 4 atom stereocenters.